The van der Waals surface area contributed by atoms with Crippen LogP contribution in [0.3, 0.4) is 0 Å². The van der Waals surface area contributed by atoms with Crippen molar-refractivity contribution in [2.75, 3.05) is 26.2 Å². The van der Waals surface area contributed by atoms with Crippen molar-refractivity contribution < 1.29 is 23.9 Å². The Hall–Kier alpha value is -1.06. The summed E-state index contributed by atoms with van der Waals surface area (Å²) in [7, 11) is 0. The Balaban J connectivity index is 2.19. The topological polar surface area (TPSA) is 76.2 Å². The predicted molar refractivity (Wildman–Crippen MR) is 105 cm³/mol. The highest BCUT2D eigenvalue weighted by Crippen LogP contribution is 2.30. The summed E-state index contributed by atoms with van der Waals surface area (Å²) in [6.07, 6.45) is 1.82. The third-order valence-electron chi connectivity index (χ3n) is 4.63. The number of piperidine rings is 2. The number of hydrogen-bond acceptors (Lipinski definition) is 5. The molecule has 2 fully saturated rings. The number of alkyl halides is 1. The monoisotopic (exact) mass is 480 g/mol. The first-order valence-electron chi connectivity index (χ1n) is 9.23. The fraction of sp³-hybridized carbons (Fsp3) is 0.833. The van der Waals surface area contributed by atoms with Gasteiger partial charge in [0.1, 0.15) is 5.60 Å². The molecule has 3 atom stereocenters. The van der Waals surface area contributed by atoms with Crippen molar-refractivity contribution in [2.24, 2.45) is 5.92 Å². The second kappa shape index (κ2) is 8.75. The number of rotatable bonds is 3. The molecule has 2 rings (SSSR count). The van der Waals surface area contributed by atoms with E-state index in [1.54, 1.807) is 16.7 Å². The second-order valence-corrected chi connectivity index (χ2v) is 9.29. The average Bonchev–Trinajstić information content (AvgIpc) is 2.55. The summed E-state index contributed by atoms with van der Waals surface area (Å²) in [6, 6.07) is -0.361. The summed E-state index contributed by atoms with van der Waals surface area (Å²) in [5.74, 6) is -0.647. The molecule has 148 valence electrons. The number of carbonyl (C=O) groups excluding carboxylic acids is 3. The van der Waals surface area contributed by atoms with Crippen molar-refractivity contribution in [1.29, 1.82) is 0 Å². The summed E-state index contributed by atoms with van der Waals surface area (Å²) in [5.41, 5.74) is -0.585. The molecule has 2 amide bonds. The Morgan fingerprint density at radius 1 is 1.23 bits per heavy atom. The van der Waals surface area contributed by atoms with Gasteiger partial charge in [-0.2, -0.15) is 0 Å². The summed E-state index contributed by atoms with van der Waals surface area (Å²) in [6.45, 7) is 8.88. The van der Waals surface area contributed by atoms with Crippen molar-refractivity contribution in [1.82, 2.24) is 9.80 Å². The molecule has 0 aromatic heterocycles. The van der Waals surface area contributed by atoms with Gasteiger partial charge in [0.15, 0.2) is 0 Å². The second-order valence-electron chi connectivity index (χ2n) is 7.78. The maximum Gasteiger partial charge on any atom is 0.410 e. The van der Waals surface area contributed by atoms with Crippen LogP contribution >= 0.6 is 22.6 Å². The quantitative estimate of drug-likeness (QED) is 0.353. The van der Waals surface area contributed by atoms with Crippen LogP contribution in [0, 0.1) is 5.92 Å². The molecule has 0 N–H and O–H groups in total. The van der Waals surface area contributed by atoms with Gasteiger partial charge < -0.3 is 19.3 Å². The Morgan fingerprint density at radius 2 is 1.92 bits per heavy atom. The number of ether oxygens (including phenoxy) is 2. The summed E-state index contributed by atoms with van der Waals surface area (Å²) in [4.78, 5) is 41.0. The zero-order valence-corrected chi connectivity index (χ0v) is 18.2. The zero-order chi connectivity index (χ0) is 19.5. The van der Waals surface area contributed by atoms with Gasteiger partial charge in [0.25, 0.3) is 0 Å². The van der Waals surface area contributed by atoms with E-state index in [2.05, 4.69) is 22.6 Å². The van der Waals surface area contributed by atoms with Crippen molar-refractivity contribution in [3.8, 4) is 0 Å². The van der Waals surface area contributed by atoms with Crippen LogP contribution in [-0.2, 0) is 19.1 Å². The van der Waals surface area contributed by atoms with E-state index in [9.17, 15) is 14.4 Å². The molecule has 2 saturated heterocycles. The van der Waals surface area contributed by atoms with Gasteiger partial charge in [-0.25, -0.2) is 4.79 Å². The lowest BCUT2D eigenvalue weighted by molar-refractivity contribution is -0.155. The molecule has 0 radical (unpaired) electrons. The van der Waals surface area contributed by atoms with Gasteiger partial charge in [-0.15, -0.1) is 0 Å². The zero-order valence-electron chi connectivity index (χ0n) is 16.0. The van der Waals surface area contributed by atoms with Crippen LogP contribution in [0.4, 0.5) is 4.79 Å². The average molecular weight is 480 g/mol. The lowest BCUT2D eigenvalue weighted by Crippen LogP contribution is -2.60. The minimum Gasteiger partial charge on any atom is -0.466 e. The molecule has 0 aliphatic carbocycles. The summed E-state index contributed by atoms with van der Waals surface area (Å²) < 4.78 is 10.6. The number of carbonyl (C=O) groups is 3. The highest BCUT2D eigenvalue weighted by atomic mass is 127. The minimum absolute atomic E-state index is 0.0437. The van der Waals surface area contributed by atoms with E-state index in [4.69, 9.17) is 9.47 Å². The number of amides is 2. The fourth-order valence-electron chi connectivity index (χ4n) is 3.45. The van der Waals surface area contributed by atoms with Crippen LogP contribution in [0.5, 0.6) is 0 Å². The molecule has 1 unspecified atom stereocenters. The molecule has 26 heavy (non-hydrogen) atoms. The van der Waals surface area contributed by atoms with Gasteiger partial charge in [0.2, 0.25) is 5.91 Å². The van der Waals surface area contributed by atoms with Crippen LogP contribution in [0.15, 0.2) is 0 Å². The molecule has 7 nitrogen and oxygen atoms in total. The van der Waals surface area contributed by atoms with Crippen LogP contribution in [-0.4, -0.2) is 69.6 Å². The van der Waals surface area contributed by atoms with Gasteiger partial charge in [-0.3, -0.25) is 9.59 Å². The van der Waals surface area contributed by atoms with E-state index in [0.717, 1.165) is 12.8 Å². The van der Waals surface area contributed by atoms with Gasteiger partial charge in [-0.05, 0) is 47.0 Å². The van der Waals surface area contributed by atoms with E-state index < -0.39 is 17.6 Å². The Bertz CT molecular complexity index is 548. The molecule has 0 bridgehead atoms. The first kappa shape index (κ1) is 21.2. The third kappa shape index (κ3) is 5.23. The highest BCUT2D eigenvalue weighted by Gasteiger charge is 2.44. The number of hydrogen-bond donors (Lipinski definition) is 0. The predicted octanol–water partition coefficient (Wildman–Crippen LogP) is 2.60. The van der Waals surface area contributed by atoms with E-state index in [-0.39, 0.29) is 21.8 Å². The molecule has 8 heteroatoms. The first-order chi connectivity index (χ1) is 12.1. The minimum atomic E-state index is -0.585. The number of esters is 1. The molecular weight excluding hydrogens is 451 g/mol. The van der Waals surface area contributed by atoms with Crippen LogP contribution in [0.1, 0.15) is 47.0 Å². The van der Waals surface area contributed by atoms with Crippen molar-refractivity contribution >= 4 is 40.6 Å². The molecule has 0 aromatic rings. The molecular formula is C18H29IN2O5. The first-order valence-corrected chi connectivity index (χ1v) is 10.5. The molecule has 0 aromatic carbocycles. The van der Waals surface area contributed by atoms with Crippen molar-refractivity contribution in [3.05, 3.63) is 0 Å². The lowest BCUT2D eigenvalue weighted by Gasteiger charge is -2.45. The van der Waals surface area contributed by atoms with E-state index >= 15 is 0 Å². The molecule has 2 aliphatic rings. The fourth-order valence-corrected chi connectivity index (χ4v) is 4.25. The molecule has 2 aliphatic heterocycles. The highest BCUT2D eigenvalue weighted by molar-refractivity contribution is 14.1. The Kier molecular flexibility index (Phi) is 7.15. The van der Waals surface area contributed by atoms with E-state index in [1.807, 2.05) is 20.8 Å². The van der Waals surface area contributed by atoms with Crippen molar-refractivity contribution in [2.45, 2.75) is 62.5 Å². The van der Waals surface area contributed by atoms with E-state index in [0.29, 0.717) is 32.7 Å². The SMILES string of the molecule is CCOC(=O)[C@H]1CCN(C(=O)OC(C)(C)C)C[C@@H]1N1CCCC(I)C1=O. The van der Waals surface area contributed by atoms with Crippen molar-refractivity contribution in [3.63, 3.8) is 0 Å². The maximum atomic E-state index is 12.7. The number of nitrogens with zero attached hydrogens (tertiary/aromatic N) is 2. The van der Waals surface area contributed by atoms with Crippen LogP contribution in [0.25, 0.3) is 0 Å². The van der Waals surface area contributed by atoms with Gasteiger partial charge in [-0.1, -0.05) is 22.6 Å². The lowest BCUT2D eigenvalue weighted by atomic mass is 9.89. The van der Waals surface area contributed by atoms with Gasteiger partial charge in [0, 0.05) is 19.6 Å². The van der Waals surface area contributed by atoms with Gasteiger partial charge >= 0.3 is 12.1 Å². The third-order valence-corrected chi connectivity index (χ3v) is 5.79. The number of likely N-dealkylation sites (tertiary alicyclic amines) is 2. The standard InChI is InChI=1S/C18H29IN2O5/c1-5-25-16(23)12-8-10-20(17(24)26-18(2,3)4)11-14(12)21-9-6-7-13(19)15(21)22/h12-14H,5-11H2,1-4H3/t12-,13?,14-/m0/s1. The largest absolute Gasteiger partial charge is 0.466 e. The summed E-state index contributed by atoms with van der Waals surface area (Å²) in [5, 5.41) is 0. The summed E-state index contributed by atoms with van der Waals surface area (Å²) >= 11 is 2.16. The number of halogens is 1. The maximum absolute atomic E-state index is 12.7. The Morgan fingerprint density at radius 3 is 2.54 bits per heavy atom. The molecule has 2 heterocycles. The van der Waals surface area contributed by atoms with E-state index in [1.165, 1.54) is 0 Å². The molecule has 0 saturated carbocycles. The smallest absolute Gasteiger partial charge is 0.410 e. The van der Waals surface area contributed by atoms with Crippen LogP contribution < -0.4 is 0 Å². The van der Waals surface area contributed by atoms with Crippen LogP contribution in [0.2, 0.25) is 0 Å². The normalized spacial score (nSPS) is 27.3. The molecule has 0 spiro atoms. The van der Waals surface area contributed by atoms with Gasteiger partial charge in [0.05, 0.1) is 22.5 Å². The Labute approximate surface area is 168 Å².